The van der Waals surface area contributed by atoms with Crippen LogP contribution in [0.25, 0.3) is 0 Å². The van der Waals surface area contributed by atoms with Crippen molar-refractivity contribution in [2.75, 3.05) is 13.1 Å². The van der Waals surface area contributed by atoms with Crippen LogP contribution < -0.4 is 0 Å². The minimum absolute atomic E-state index is 0.451. The van der Waals surface area contributed by atoms with E-state index < -0.39 is 6.17 Å². The summed E-state index contributed by atoms with van der Waals surface area (Å²) in [6.45, 7) is 6.47. The second-order valence-electron chi connectivity index (χ2n) is 4.83. The SMILES string of the molecule is CC(C)c1cccc(CN2CC[C@@H](F)C2)n1. The van der Waals surface area contributed by atoms with Gasteiger partial charge in [0, 0.05) is 25.3 Å². The standard InChI is InChI=1S/C13H19FN2/c1-10(2)13-5-3-4-12(15-13)9-16-7-6-11(14)8-16/h3-5,10-11H,6-9H2,1-2H3/t11-/m1/s1. The van der Waals surface area contributed by atoms with Gasteiger partial charge >= 0.3 is 0 Å². The van der Waals surface area contributed by atoms with Crippen molar-refractivity contribution in [3.63, 3.8) is 0 Å². The van der Waals surface area contributed by atoms with Gasteiger partial charge in [-0.1, -0.05) is 19.9 Å². The van der Waals surface area contributed by atoms with Crippen molar-refractivity contribution in [1.82, 2.24) is 9.88 Å². The maximum absolute atomic E-state index is 13.0. The predicted octanol–water partition coefficient (Wildman–Crippen LogP) is 2.75. The Bertz CT molecular complexity index is 352. The van der Waals surface area contributed by atoms with Crippen LogP contribution in [0, 0.1) is 0 Å². The molecule has 2 heterocycles. The van der Waals surface area contributed by atoms with E-state index >= 15 is 0 Å². The molecule has 1 aliphatic heterocycles. The van der Waals surface area contributed by atoms with Gasteiger partial charge in [-0.05, 0) is 24.5 Å². The molecule has 1 aromatic rings. The molecule has 0 aromatic carbocycles. The molecule has 0 saturated carbocycles. The second kappa shape index (κ2) is 4.91. The monoisotopic (exact) mass is 222 g/mol. The van der Waals surface area contributed by atoms with Crippen molar-refractivity contribution < 1.29 is 4.39 Å². The Morgan fingerprint density at radius 1 is 1.50 bits per heavy atom. The molecule has 2 rings (SSSR count). The van der Waals surface area contributed by atoms with Crippen molar-refractivity contribution in [2.45, 2.75) is 38.9 Å². The first-order valence-electron chi connectivity index (χ1n) is 5.97. The predicted molar refractivity (Wildman–Crippen MR) is 63.1 cm³/mol. The number of pyridine rings is 1. The molecular weight excluding hydrogens is 203 g/mol. The fraction of sp³-hybridized carbons (Fsp3) is 0.615. The lowest BCUT2D eigenvalue weighted by atomic mass is 10.1. The molecule has 16 heavy (non-hydrogen) atoms. The maximum Gasteiger partial charge on any atom is 0.114 e. The molecule has 0 amide bonds. The Kier molecular flexibility index (Phi) is 3.54. The Hall–Kier alpha value is -0.960. The Morgan fingerprint density at radius 2 is 2.31 bits per heavy atom. The van der Waals surface area contributed by atoms with Crippen molar-refractivity contribution in [2.24, 2.45) is 0 Å². The van der Waals surface area contributed by atoms with E-state index in [4.69, 9.17) is 0 Å². The normalized spacial score (nSPS) is 21.9. The van der Waals surface area contributed by atoms with Gasteiger partial charge in [0.2, 0.25) is 0 Å². The van der Waals surface area contributed by atoms with Crippen LogP contribution in [0.1, 0.15) is 37.6 Å². The van der Waals surface area contributed by atoms with Gasteiger partial charge in [-0.25, -0.2) is 4.39 Å². The molecular formula is C13H19FN2. The summed E-state index contributed by atoms with van der Waals surface area (Å²) in [6, 6.07) is 6.12. The number of hydrogen-bond acceptors (Lipinski definition) is 2. The number of halogens is 1. The first kappa shape index (κ1) is 11.5. The topological polar surface area (TPSA) is 16.1 Å². The van der Waals surface area contributed by atoms with E-state index in [1.807, 2.05) is 12.1 Å². The fourth-order valence-corrected chi connectivity index (χ4v) is 2.07. The molecule has 1 atom stereocenters. The second-order valence-corrected chi connectivity index (χ2v) is 4.83. The molecule has 0 bridgehead atoms. The lowest BCUT2D eigenvalue weighted by Crippen LogP contribution is -2.21. The zero-order valence-electron chi connectivity index (χ0n) is 9.99. The summed E-state index contributed by atoms with van der Waals surface area (Å²) >= 11 is 0. The highest BCUT2D eigenvalue weighted by Gasteiger charge is 2.21. The summed E-state index contributed by atoms with van der Waals surface area (Å²) in [5.74, 6) is 0.451. The van der Waals surface area contributed by atoms with E-state index in [0.717, 1.165) is 24.5 Å². The Labute approximate surface area is 96.5 Å². The highest BCUT2D eigenvalue weighted by molar-refractivity contribution is 5.14. The number of aromatic nitrogens is 1. The van der Waals surface area contributed by atoms with Gasteiger partial charge in [-0.3, -0.25) is 9.88 Å². The Morgan fingerprint density at radius 3 is 2.94 bits per heavy atom. The number of nitrogens with zero attached hydrogens (tertiary/aromatic N) is 2. The minimum atomic E-state index is -0.645. The third kappa shape index (κ3) is 2.79. The summed E-state index contributed by atoms with van der Waals surface area (Å²) in [4.78, 5) is 6.73. The molecule has 0 N–H and O–H groups in total. The molecule has 0 unspecified atom stereocenters. The van der Waals surface area contributed by atoms with Crippen LogP contribution in [-0.2, 0) is 6.54 Å². The third-order valence-electron chi connectivity index (χ3n) is 3.02. The largest absolute Gasteiger partial charge is 0.295 e. The van der Waals surface area contributed by atoms with Gasteiger partial charge in [0.15, 0.2) is 0 Å². The van der Waals surface area contributed by atoms with E-state index in [9.17, 15) is 4.39 Å². The van der Waals surface area contributed by atoms with Gasteiger partial charge in [-0.2, -0.15) is 0 Å². The van der Waals surface area contributed by atoms with Crippen molar-refractivity contribution in [3.8, 4) is 0 Å². The highest BCUT2D eigenvalue weighted by Crippen LogP contribution is 2.16. The van der Waals surface area contributed by atoms with Gasteiger partial charge < -0.3 is 0 Å². The van der Waals surface area contributed by atoms with Crippen LogP contribution in [0.3, 0.4) is 0 Å². The van der Waals surface area contributed by atoms with E-state index in [2.05, 4.69) is 29.8 Å². The van der Waals surface area contributed by atoms with E-state index in [0.29, 0.717) is 18.9 Å². The van der Waals surface area contributed by atoms with E-state index in [1.165, 1.54) is 0 Å². The van der Waals surface area contributed by atoms with Gasteiger partial charge in [0.25, 0.3) is 0 Å². The van der Waals surface area contributed by atoms with Gasteiger partial charge in [0.1, 0.15) is 6.17 Å². The lowest BCUT2D eigenvalue weighted by molar-refractivity contribution is 0.280. The van der Waals surface area contributed by atoms with Crippen LogP contribution in [0.4, 0.5) is 4.39 Å². The van der Waals surface area contributed by atoms with Crippen LogP contribution in [-0.4, -0.2) is 29.1 Å². The molecule has 0 spiro atoms. The number of rotatable bonds is 3. The molecule has 0 radical (unpaired) electrons. The highest BCUT2D eigenvalue weighted by atomic mass is 19.1. The van der Waals surface area contributed by atoms with Crippen LogP contribution in [0.5, 0.6) is 0 Å². The van der Waals surface area contributed by atoms with Crippen molar-refractivity contribution in [3.05, 3.63) is 29.6 Å². The smallest absolute Gasteiger partial charge is 0.114 e. The van der Waals surface area contributed by atoms with E-state index in [-0.39, 0.29) is 0 Å². The quantitative estimate of drug-likeness (QED) is 0.781. The Balaban J connectivity index is 2.01. The first-order chi connectivity index (χ1) is 7.65. The molecule has 1 saturated heterocycles. The molecule has 1 aliphatic rings. The molecule has 0 aliphatic carbocycles. The van der Waals surface area contributed by atoms with Gasteiger partial charge in [0.05, 0.1) is 5.69 Å². The molecule has 2 nitrogen and oxygen atoms in total. The zero-order valence-corrected chi connectivity index (χ0v) is 9.99. The van der Waals surface area contributed by atoms with Crippen LogP contribution >= 0.6 is 0 Å². The fourth-order valence-electron chi connectivity index (χ4n) is 2.07. The van der Waals surface area contributed by atoms with Crippen molar-refractivity contribution >= 4 is 0 Å². The van der Waals surface area contributed by atoms with Gasteiger partial charge in [-0.15, -0.1) is 0 Å². The van der Waals surface area contributed by atoms with Crippen LogP contribution in [0.2, 0.25) is 0 Å². The van der Waals surface area contributed by atoms with Crippen molar-refractivity contribution in [1.29, 1.82) is 0 Å². The first-order valence-corrected chi connectivity index (χ1v) is 5.97. The van der Waals surface area contributed by atoms with Crippen LogP contribution in [0.15, 0.2) is 18.2 Å². The lowest BCUT2D eigenvalue weighted by Gasteiger charge is -2.15. The summed E-state index contributed by atoms with van der Waals surface area (Å²) in [5, 5.41) is 0. The molecule has 88 valence electrons. The average molecular weight is 222 g/mol. The molecule has 1 aromatic heterocycles. The third-order valence-corrected chi connectivity index (χ3v) is 3.02. The summed E-state index contributed by atoms with van der Waals surface area (Å²) < 4.78 is 13.0. The maximum atomic E-state index is 13.0. The number of likely N-dealkylation sites (tertiary alicyclic amines) is 1. The summed E-state index contributed by atoms with van der Waals surface area (Å²) in [7, 11) is 0. The van der Waals surface area contributed by atoms with E-state index in [1.54, 1.807) is 0 Å². The molecule has 1 fully saturated rings. The minimum Gasteiger partial charge on any atom is -0.295 e. The average Bonchev–Trinajstić information content (AvgIpc) is 2.64. The summed E-state index contributed by atoms with van der Waals surface area (Å²) in [6.07, 6.45) is 0.0254. The summed E-state index contributed by atoms with van der Waals surface area (Å²) in [5.41, 5.74) is 2.17. The zero-order chi connectivity index (χ0) is 11.5. The molecule has 3 heteroatoms. The number of alkyl halides is 1. The number of hydrogen-bond donors (Lipinski definition) is 0.